The van der Waals surface area contributed by atoms with E-state index in [1.807, 2.05) is 0 Å². The van der Waals surface area contributed by atoms with E-state index in [-0.39, 0.29) is 68.8 Å². The molecule has 3 nitrogen and oxygen atoms in total. The number of rotatable bonds is 3. The van der Waals surface area contributed by atoms with Gasteiger partial charge in [0.1, 0.15) is 10.7 Å². The molecule has 0 unspecified atom stereocenters. The molecule has 5 heteroatoms. The third-order valence-corrected chi connectivity index (χ3v) is 2.64. The van der Waals surface area contributed by atoms with E-state index >= 15 is 0 Å². The van der Waals surface area contributed by atoms with Crippen LogP contribution < -0.4 is 0 Å². The normalized spacial score (nSPS) is 10.1. The second-order valence-corrected chi connectivity index (χ2v) is 4.10. The fourth-order valence-electron chi connectivity index (χ4n) is 0.823. The summed E-state index contributed by atoms with van der Waals surface area (Å²) in [7, 11) is -3.66. The molecule has 0 fully saturated rings. The van der Waals surface area contributed by atoms with Crippen molar-refractivity contribution in [1.82, 2.24) is 0 Å². The van der Waals surface area contributed by atoms with Crippen LogP contribution in [-0.4, -0.2) is 66.6 Å². The molecule has 72 valence electrons. The zero-order chi connectivity index (χ0) is 9.90. The van der Waals surface area contributed by atoms with Crippen molar-refractivity contribution >= 4 is 68.3 Å². The molecule has 0 amide bonds. The molecule has 1 rings (SSSR count). The van der Waals surface area contributed by atoms with E-state index in [9.17, 15) is 8.42 Å². The van der Waals surface area contributed by atoms with E-state index in [0.29, 0.717) is 0 Å². The minimum atomic E-state index is -3.66. The summed E-state index contributed by atoms with van der Waals surface area (Å²) in [6.45, 7) is 4.85. The van der Waals surface area contributed by atoms with Gasteiger partial charge in [-0.2, -0.15) is 8.42 Å². The molecule has 0 N–H and O–H groups in total. The standard InChI is InChI=1S/C9H10O3S.Rb.H/c1-8(2)12-13(10,11)9-6-4-3-5-7-9;;/h3-7H,1H2,2H3;;. The van der Waals surface area contributed by atoms with E-state index in [2.05, 4.69) is 10.8 Å². The van der Waals surface area contributed by atoms with Gasteiger partial charge in [0.2, 0.25) is 0 Å². The van der Waals surface area contributed by atoms with E-state index in [0.717, 1.165) is 0 Å². The Morgan fingerprint density at radius 2 is 1.79 bits per heavy atom. The number of hydrogen-bond acceptors (Lipinski definition) is 3. The second-order valence-electron chi connectivity index (χ2n) is 2.55. The van der Waals surface area contributed by atoms with Crippen molar-refractivity contribution in [1.29, 1.82) is 0 Å². The van der Waals surface area contributed by atoms with Crippen molar-refractivity contribution in [2.24, 2.45) is 0 Å². The third kappa shape index (κ3) is 4.36. The Morgan fingerprint density at radius 3 is 2.21 bits per heavy atom. The van der Waals surface area contributed by atoms with Crippen molar-refractivity contribution < 1.29 is 12.6 Å². The van der Waals surface area contributed by atoms with Crippen molar-refractivity contribution in [3.63, 3.8) is 0 Å². The maximum atomic E-state index is 11.4. The zero-order valence-corrected chi connectivity index (χ0v) is 8.04. The van der Waals surface area contributed by atoms with Gasteiger partial charge in [-0.15, -0.1) is 0 Å². The summed E-state index contributed by atoms with van der Waals surface area (Å²) in [6.07, 6.45) is 0. The Kier molecular flexibility index (Phi) is 6.40. The molecule has 0 saturated heterocycles. The Bertz CT molecular complexity index is 397. The predicted octanol–water partition coefficient (Wildman–Crippen LogP) is 1.28. The monoisotopic (exact) mass is 284 g/mol. The maximum absolute atomic E-state index is 11.4. The molecule has 0 spiro atoms. The fourth-order valence-corrected chi connectivity index (χ4v) is 1.78. The van der Waals surface area contributed by atoms with Crippen LogP contribution in [0.4, 0.5) is 0 Å². The van der Waals surface area contributed by atoms with Gasteiger partial charge in [-0.3, -0.25) is 0 Å². The topological polar surface area (TPSA) is 43.4 Å². The molecule has 0 aliphatic heterocycles. The zero-order valence-electron chi connectivity index (χ0n) is 7.23. The first-order chi connectivity index (χ1) is 6.02. The Morgan fingerprint density at radius 1 is 1.29 bits per heavy atom. The quantitative estimate of drug-likeness (QED) is 0.620. The van der Waals surface area contributed by atoms with Gasteiger partial charge < -0.3 is 4.18 Å². The van der Waals surface area contributed by atoms with Gasteiger partial charge >= 0.3 is 68.3 Å². The predicted molar refractivity (Wildman–Crippen MR) is 56.7 cm³/mol. The summed E-state index contributed by atoms with van der Waals surface area (Å²) in [6, 6.07) is 7.94. The SMILES string of the molecule is C=C(C)OS(=O)(=O)c1ccccc1.[RbH]. The fraction of sp³-hybridized carbons (Fsp3) is 0.111. The van der Waals surface area contributed by atoms with Gasteiger partial charge in [-0.1, -0.05) is 24.8 Å². The Hall–Kier alpha value is 0.515. The van der Waals surface area contributed by atoms with Crippen LogP contribution in [0.3, 0.4) is 0 Å². The third-order valence-electron chi connectivity index (χ3n) is 1.28. The average molecular weight is 285 g/mol. The van der Waals surface area contributed by atoms with Crippen LogP contribution >= 0.6 is 0 Å². The van der Waals surface area contributed by atoms with Gasteiger partial charge in [0.15, 0.2) is 0 Å². The van der Waals surface area contributed by atoms with Crippen LogP contribution in [0.2, 0.25) is 0 Å². The summed E-state index contributed by atoms with van der Waals surface area (Å²) < 4.78 is 27.3. The van der Waals surface area contributed by atoms with E-state index in [4.69, 9.17) is 0 Å². The molecule has 0 aliphatic carbocycles. The molecule has 0 aromatic heterocycles. The summed E-state index contributed by atoms with van der Waals surface area (Å²) in [4.78, 5) is 0.137. The molecule has 1 aromatic carbocycles. The van der Waals surface area contributed by atoms with Gasteiger partial charge in [0.25, 0.3) is 0 Å². The summed E-state index contributed by atoms with van der Waals surface area (Å²) >= 11 is 0. The van der Waals surface area contributed by atoms with E-state index in [1.165, 1.54) is 19.1 Å². The summed E-state index contributed by atoms with van der Waals surface area (Å²) in [5.41, 5.74) is 0. The van der Waals surface area contributed by atoms with Crippen LogP contribution in [0.25, 0.3) is 0 Å². The summed E-state index contributed by atoms with van der Waals surface area (Å²) in [5, 5.41) is 0. The summed E-state index contributed by atoms with van der Waals surface area (Å²) in [5.74, 6) is 0.156. The minimum absolute atomic E-state index is 0. The second kappa shape index (κ2) is 6.18. The molecule has 0 aliphatic rings. The average Bonchev–Trinajstić information content (AvgIpc) is 2.04. The molecule has 0 bridgehead atoms. The van der Waals surface area contributed by atoms with Crippen LogP contribution in [0.5, 0.6) is 0 Å². The van der Waals surface area contributed by atoms with E-state index in [1.54, 1.807) is 18.2 Å². The van der Waals surface area contributed by atoms with Crippen LogP contribution in [0.1, 0.15) is 6.92 Å². The molecule has 14 heavy (non-hydrogen) atoms. The number of hydrogen-bond donors (Lipinski definition) is 0. The van der Waals surface area contributed by atoms with Crippen LogP contribution in [0, 0.1) is 0 Å². The van der Waals surface area contributed by atoms with Crippen molar-refractivity contribution in [2.45, 2.75) is 11.8 Å². The molecular formula is C9H11O3RbS. The molecular weight excluding hydrogens is 274 g/mol. The van der Waals surface area contributed by atoms with Gasteiger partial charge in [0.05, 0.1) is 0 Å². The van der Waals surface area contributed by atoms with Gasteiger partial charge in [-0.25, -0.2) is 0 Å². The molecule has 0 atom stereocenters. The van der Waals surface area contributed by atoms with Crippen molar-refractivity contribution in [3.05, 3.63) is 42.7 Å². The first-order valence-corrected chi connectivity index (χ1v) is 5.08. The van der Waals surface area contributed by atoms with Crippen LogP contribution in [-0.2, 0) is 14.3 Å². The molecule has 1 aromatic rings. The Labute approximate surface area is 133 Å². The van der Waals surface area contributed by atoms with Gasteiger partial charge in [0, 0.05) is 0 Å². The van der Waals surface area contributed by atoms with Crippen molar-refractivity contribution in [2.75, 3.05) is 0 Å². The van der Waals surface area contributed by atoms with E-state index < -0.39 is 10.1 Å². The Balaban J connectivity index is 0.00000169. The van der Waals surface area contributed by atoms with Crippen molar-refractivity contribution in [3.8, 4) is 0 Å². The first kappa shape index (κ1) is 14.5. The number of allylic oxidation sites excluding steroid dienone is 1. The first-order valence-electron chi connectivity index (χ1n) is 3.67. The molecule has 0 saturated carbocycles. The number of benzene rings is 1. The van der Waals surface area contributed by atoms with Gasteiger partial charge in [-0.05, 0) is 19.1 Å². The molecule has 0 heterocycles. The van der Waals surface area contributed by atoms with Crippen LogP contribution in [0.15, 0.2) is 47.6 Å². The molecule has 0 radical (unpaired) electrons.